The number of ether oxygens (including phenoxy) is 2. The molecule has 2 aliphatic rings. The molecular formula is C22H27N5O3. The molecule has 2 fully saturated rings. The largest absolute Gasteiger partial charge is 0.490 e. The number of fused-ring (bicyclic) bond motifs is 1. The number of benzene rings is 1. The molecule has 1 amide bonds. The van der Waals surface area contributed by atoms with E-state index in [4.69, 9.17) is 9.47 Å². The van der Waals surface area contributed by atoms with E-state index in [0.29, 0.717) is 19.0 Å². The van der Waals surface area contributed by atoms with Crippen molar-refractivity contribution in [2.75, 3.05) is 19.8 Å². The maximum atomic E-state index is 11.6. The van der Waals surface area contributed by atoms with Crippen LogP contribution < -0.4 is 10.1 Å². The summed E-state index contributed by atoms with van der Waals surface area (Å²) in [6.45, 7) is 4.26. The van der Waals surface area contributed by atoms with E-state index in [1.165, 1.54) is 0 Å². The Hall–Kier alpha value is -2.87. The number of rotatable bonds is 5. The van der Waals surface area contributed by atoms with Crippen LogP contribution in [0.1, 0.15) is 32.2 Å². The highest BCUT2D eigenvalue weighted by Gasteiger charge is 2.28. The second-order valence-corrected chi connectivity index (χ2v) is 8.35. The van der Waals surface area contributed by atoms with Crippen molar-refractivity contribution in [2.45, 2.75) is 38.3 Å². The molecule has 0 aliphatic carbocycles. The van der Waals surface area contributed by atoms with Crippen LogP contribution in [0.5, 0.6) is 5.75 Å². The van der Waals surface area contributed by atoms with Crippen LogP contribution >= 0.6 is 0 Å². The fourth-order valence-electron chi connectivity index (χ4n) is 4.37. The van der Waals surface area contributed by atoms with Gasteiger partial charge in [-0.3, -0.25) is 14.2 Å². The highest BCUT2D eigenvalue weighted by molar-refractivity contribution is 5.89. The number of aryl methyl sites for hydroxylation is 1. The van der Waals surface area contributed by atoms with Gasteiger partial charge in [0.15, 0.2) is 0 Å². The van der Waals surface area contributed by atoms with Gasteiger partial charge in [0.25, 0.3) is 0 Å². The van der Waals surface area contributed by atoms with Gasteiger partial charge < -0.3 is 14.8 Å². The summed E-state index contributed by atoms with van der Waals surface area (Å²) in [6, 6.07) is 4.53. The quantitative estimate of drug-likeness (QED) is 0.701. The molecule has 2 atom stereocenters. The molecule has 30 heavy (non-hydrogen) atoms. The van der Waals surface area contributed by atoms with Gasteiger partial charge in [-0.05, 0) is 37.5 Å². The topological polar surface area (TPSA) is 83.2 Å². The third kappa shape index (κ3) is 3.67. The Morgan fingerprint density at radius 3 is 2.83 bits per heavy atom. The molecule has 8 nitrogen and oxygen atoms in total. The molecule has 2 aliphatic heterocycles. The molecule has 3 aromatic rings. The molecule has 158 valence electrons. The fraction of sp³-hybridized carbons (Fsp3) is 0.500. The van der Waals surface area contributed by atoms with Crippen molar-refractivity contribution in [1.82, 2.24) is 24.9 Å². The van der Waals surface area contributed by atoms with Crippen molar-refractivity contribution in [3.63, 3.8) is 0 Å². The minimum Gasteiger partial charge on any atom is -0.490 e. The summed E-state index contributed by atoms with van der Waals surface area (Å²) < 4.78 is 15.7. The van der Waals surface area contributed by atoms with Gasteiger partial charge in [0, 0.05) is 57.1 Å². The van der Waals surface area contributed by atoms with E-state index < -0.39 is 0 Å². The second kappa shape index (κ2) is 7.75. The first-order chi connectivity index (χ1) is 14.6. The molecule has 1 N–H and O–H groups in total. The number of hydrogen-bond acceptors (Lipinski definition) is 5. The van der Waals surface area contributed by atoms with Gasteiger partial charge in [-0.25, -0.2) is 0 Å². The van der Waals surface area contributed by atoms with E-state index in [9.17, 15) is 4.79 Å². The third-order valence-corrected chi connectivity index (χ3v) is 6.19. The zero-order chi connectivity index (χ0) is 20.7. The first-order valence-electron chi connectivity index (χ1n) is 10.6. The highest BCUT2D eigenvalue weighted by Crippen LogP contribution is 2.34. The Balaban J connectivity index is 1.46. The van der Waals surface area contributed by atoms with Crippen LogP contribution in [0.4, 0.5) is 0 Å². The van der Waals surface area contributed by atoms with E-state index in [1.54, 1.807) is 4.68 Å². The minimum atomic E-state index is -0.0763. The van der Waals surface area contributed by atoms with Gasteiger partial charge in [0.2, 0.25) is 5.91 Å². The van der Waals surface area contributed by atoms with Gasteiger partial charge in [0.05, 0.1) is 23.1 Å². The van der Waals surface area contributed by atoms with Crippen LogP contribution in [0.2, 0.25) is 0 Å². The Morgan fingerprint density at radius 1 is 1.23 bits per heavy atom. The van der Waals surface area contributed by atoms with Crippen LogP contribution in [0, 0.1) is 5.92 Å². The summed E-state index contributed by atoms with van der Waals surface area (Å²) in [4.78, 5) is 11.6. The van der Waals surface area contributed by atoms with Crippen molar-refractivity contribution >= 4 is 16.8 Å². The number of hydrogen-bond donors (Lipinski definition) is 1. The maximum absolute atomic E-state index is 11.6. The van der Waals surface area contributed by atoms with Crippen molar-refractivity contribution in [1.29, 1.82) is 0 Å². The smallest absolute Gasteiger partial charge is 0.220 e. The lowest BCUT2D eigenvalue weighted by Gasteiger charge is -2.22. The highest BCUT2D eigenvalue weighted by atomic mass is 16.5. The Labute approximate surface area is 175 Å². The average Bonchev–Trinajstić information content (AvgIpc) is 3.47. The van der Waals surface area contributed by atoms with Gasteiger partial charge in [-0.1, -0.05) is 0 Å². The zero-order valence-electron chi connectivity index (χ0n) is 17.4. The van der Waals surface area contributed by atoms with Crippen molar-refractivity contribution in [3.05, 3.63) is 30.7 Å². The SMILES string of the molecule is CC(Oc1cc(-c2cnn(C3CCOCC3)c2)cc2nn(C)cc12)[C@H]1CNC(=O)C1. The van der Waals surface area contributed by atoms with Crippen LogP contribution in [-0.4, -0.2) is 51.3 Å². The van der Waals surface area contributed by atoms with Gasteiger partial charge in [-0.15, -0.1) is 0 Å². The van der Waals surface area contributed by atoms with Crippen LogP contribution in [0.25, 0.3) is 22.0 Å². The number of nitrogens with zero attached hydrogens (tertiary/aromatic N) is 4. The molecule has 1 unspecified atom stereocenters. The Kier molecular flexibility index (Phi) is 4.94. The number of nitrogens with one attached hydrogen (secondary N) is 1. The van der Waals surface area contributed by atoms with Gasteiger partial charge in [0.1, 0.15) is 11.9 Å². The summed E-state index contributed by atoms with van der Waals surface area (Å²) in [5.74, 6) is 1.06. The van der Waals surface area contributed by atoms with Crippen LogP contribution in [0.3, 0.4) is 0 Å². The molecule has 1 aromatic carbocycles. The monoisotopic (exact) mass is 409 g/mol. The minimum absolute atomic E-state index is 0.0763. The molecule has 2 saturated heterocycles. The van der Waals surface area contributed by atoms with Crippen LogP contribution in [0.15, 0.2) is 30.7 Å². The summed E-state index contributed by atoms with van der Waals surface area (Å²) in [6.07, 6.45) is 8.40. The van der Waals surface area contributed by atoms with Crippen molar-refractivity contribution in [2.24, 2.45) is 13.0 Å². The number of carbonyl (C=O) groups excluding carboxylic acids is 1. The van der Waals surface area contributed by atoms with E-state index in [0.717, 1.165) is 53.8 Å². The molecular weight excluding hydrogens is 382 g/mol. The molecule has 5 rings (SSSR count). The molecule has 4 heterocycles. The van der Waals surface area contributed by atoms with Crippen molar-refractivity contribution < 1.29 is 14.3 Å². The van der Waals surface area contributed by atoms with E-state index in [1.807, 2.05) is 26.4 Å². The predicted molar refractivity (Wildman–Crippen MR) is 112 cm³/mol. The lowest BCUT2D eigenvalue weighted by Crippen LogP contribution is -2.25. The molecule has 8 heteroatoms. The third-order valence-electron chi connectivity index (χ3n) is 6.19. The zero-order valence-corrected chi connectivity index (χ0v) is 17.4. The first kappa shape index (κ1) is 19.1. The normalized spacial score (nSPS) is 21.1. The Morgan fingerprint density at radius 2 is 2.07 bits per heavy atom. The van der Waals surface area contributed by atoms with Gasteiger partial charge in [-0.2, -0.15) is 10.2 Å². The summed E-state index contributed by atoms with van der Waals surface area (Å²) in [5.41, 5.74) is 2.96. The van der Waals surface area contributed by atoms with Gasteiger partial charge >= 0.3 is 0 Å². The summed E-state index contributed by atoms with van der Waals surface area (Å²) >= 11 is 0. The maximum Gasteiger partial charge on any atom is 0.220 e. The Bertz CT molecular complexity index is 1070. The summed E-state index contributed by atoms with van der Waals surface area (Å²) in [7, 11) is 1.91. The number of aromatic nitrogens is 4. The fourth-order valence-corrected chi connectivity index (χ4v) is 4.37. The molecule has 0 radical (unpaired) electrons. The van der Waals surface area contributed by atoms with Crippen molar-refractivity contribution in [3.8, 4) is 16.9 Å². The predicted octanol–water partition coefficient (Wildman–Crippen LogP) is 2.69. The average molecular weight is 409 g/mol. The standard InChI is InChI=1S/C22H27N5O3/c1-14(16-9-22(28)23-10-16)30-21-8-15(7-20-19(21)13-26(2)25-20)17-11-24-27(12-17)18-3-5-29-6-4-18/h7-8,11-14,16,18H,3-6,9-10H2,1-2H3,(H,23,28)/t14?,16-/m1/s1. The number of carbonyl (C=O) groups is 1. The number of amides is 1. The molecule has 0 spiro atoms. The molecule has 0 saturated carbocycles. The van der Waals surface area contributed by atoms with E-state index in [-0.39, 0.29) is 17.9 Å². The molecule has 0 bridgehead atoms. The van der Waals surface area contributed by atoms with E-state index >= 15 is 0 Å². The van der Waals surface area contributed by atoms with E-state index in [2.05, 4.69) is 38.5 Å². The lowest BCUT2D eigenvalue weighted by atomic mass is 10.0. The molecule has 2 aromatic heterocycles. The van der Waals surface area contributed by atoms with Crippen LogP contribution in [-0.2, 0) is 16.6 Å². The lowest BCUT2D eigenvalue weighted by molar-refractivity contribution is -0.119. The summed E-state index contributed by atoms with van der Waals surface area (Å²) in [5, 5.41) is 13.1. The first-order valence-corrected chi connectivity index (χ1v) is 10.6. The second-order valence-electron chi connectivity index (χ2n) is 8.35.